The van der Waals surface area contributed by atoms with Crippen LogP contribution in [0.15, 0.2) is 12.4 Å². The zero-order valence-corrected chi connectivity index (χ0v) is 10.8. The van der Waals surface area contributed by atoms with Crippen LogP contribution in [0.5, 0.6) is 0 Å². The van der Waals surface area contributed by atoms with Crippen LogP contribution in [0, 0.1) is 0 Å². The molecule has 0 bridgehead atoms. The zero-order chi connectivity index (χ0) is 12.5. The molecule has 96 valence electrons. The average molecular weight is 268 g/mol. The van der Waals surface area contributed by atoms with E-state index < -0.39 is 0 Å². The van der Waals surface area contributed by atoms with E-state index in [1.165, 1.54) is 6.33 Å². The summed E-state index contributed by atoms with van der Waals surface area (Å²) in [7, 11) is 0. The highest BCUT2D eigenvalue weighted by Gasteiger charge is 2.23. The molecule has 3 rings (SSSR count). The van der Waals surface area contributed by atoms with Crippen molar-refractivity contribution in [2.45, 2.75) is 31.9 Å². The van der Waals surface area contributed by atoms with E-state index in [1.807, 2.05) is 0 Å². The number of hydrogen-bond donors (Lipinski definition) is 1. The van der Waals surface area contributed by atoms with Crippen molar-refractivity contribution in [2.24, 2.45) is 0 Å². The van der Waals surface area contributed by atoms with Crippen molar-refractivity contribution in [3.8, 4) is 0 Å². The normalized spacial score (nSPS) is 21.3. The maximum atomic E-state index is 5.96. The predicted molar refractivity (Wildman–Crippen MR) is 67.9 cm³/mol. The first-order valence-corrected chi connectivity index (χ1v) is 6.36. The Morgan fingerprint density at radius 1 is 1.61 bits per heavy atom. The summed E-state index contributed by atoms with van der Waals surface area (Å²) in [5.74, 6) is 1.27. The Balaban J connectivity index is 1.86. The van der Waals surface area contributed by atoms with Gasteiger partial charge in [0.25, 0.3) is 5.78 Å². The minimum absolute atomic E-state index is 0.193. The molecule has 0 aliphatic carbocycles. The van der Waals surface area contributed by atoms with Crippen LogP contribution in [0.4, 0.5) is 5.82 Å². The van der Waals surface area contributed by atoms with Gasteiger partial charge >= 0.3 is 0 Å². The molecule has 0 amide bonds. The van der Waals surface area contributed by atoms with Crippen LogP contribution >= 0.6 is 11.6 Å². The Morgan fingerprint density at radius 3 is 3.28 bits per heavy atom. The molecule has 1 fully saturated rings. The third kappa shape index (κ3) is 2.13. The Morgan fingerprint density at radius 2 is 2.50 bits per heavy atom. The molecular formula is C11H14ClN5O. The Bertz CT molecular complexity index is 551. The van der Waals surface area contributed by atoms with Gasteiger partial charge in [-0.3, -0.25) is 0 Å². The molecule has 0 saturated carbocycles. The molecule has 1 saturated heterocycles. The highest BCUT2D eigenvalue weighted by Crippen LogP contribution is 2.20. The maximum absolute atomic E-state index is 5.96. The molecule has 2 atom stereocenters. The van der Waals surface area contributed by atoms with E-state index in [-0.39, 0.29) is 12.1 Å². The van der Waals surface area contributed by atoms with E-state index in [9.17, 15) is 0 Å². The Kier molecular flexibility index (Phi) is 3.05. The van der Waals surface area contributed by atoms with Crippen LogP contribution in [-0.2, 0) is 4.74 Å². The fourth-order valence-corrected chi connectivity index (χ4v) is 2.39. The lowest BCUT2D eigenvalue weighted by Gasteiger charge is -2.21. The van der Waals surface area contributed by atoms with E-state index in [1.54, 1.807) is 10.6 Å². The Hall–Kier alpha value is -1.40. The molecule has 2 unspecified atom stereocenters. The number of nitrogens with zero attached hydrogens (tertiary/aromatic N) is 4. The number of rotatable bonds is 3. The van der Waals surface area contributed by atoms with Gasteiger partial charge in [-0.2, -0.15) is 19.6 Å². The summed E-state index contributed by atoms with van der Waals surface area (Å²) in [6.45, 7) is 2.93. The van der Waals surface area contributed by atoms with Crippen LogP contribution in [0.1, 0.15) is 19.8 Å². The molecule has 3 heterocycles. The monoisotopic (exact) mass is 267 g/mol. The molecule has 0 aromatic carbocycles. The van der Waals surface area contributed by atoms with Crippen LogP contribution in [0.2, 0.25) is 5.15 Å². The zero-order valence-electron chi connectivity index (χ0n) is 10.0. The van der Waals surface area contributed by atoms with Crippen LogP contribution in [0.3, 0.4) is 0 Å². The van der Waals surface area contributed by atoms with Crippen molar-refractivity contribution >= 4 is 23.2 Å². The van der Waals surface area contributed by atoms with Gasteiger partial charge in [-0.05, 0) is 19.8 Å². The van der Waals surface area contributed by atoms with Crippen molar-refractivity contribution in [1.82, 2.24) is 19.6 Å². The molecular weight excluding hydrogens is 254 g/mol. The predicted octanol–water partition coefficient (Wildman–Crippen LogP) is 1.76. The standard InChI is InChI=1S/C11H14ClN5O/c1-7(8-3-2-4-18-8)15-10-5-9(12)16-11-13-6-14-17(10)11/h5-8,15H,2-4H2,1H3. The van der Waals surface area contributed by atoms with Crippen LogP contribution < -0.4 is 5.32 Å². The smallest absolute Gasteiger partial charge is 0.255 e. The summed E-state index contributed by atoms with van der Waals surface area (Å²) in [6.07, 6.45) is 3.89. The minimum atomic E-state index is 0.193. The van der Waals surface area contributed by atoms with E-state index in [0.717, 1.165) is 25.3 Å². The van der Waals surface area contributed by atoms with Gasteiger partial charge in [-0.25, -0.2) is 0 Å². The van der Waals surface area contributed by atoms with Crippen LogP contribution in [-0.4, -0.2) is 38.3 Å². The molecule has 18 heavy (non-hydrogen) atoms. The number of hydrogen-bond acceptors (Lipinski definition) is 5. The molecule has 1 aliphatic heterocycles. The molecule has 6 nitrogen and oxygen atoms in total. The SMILES string of the molecule is CC(Nc1cc(Cl)nc2ncnn12)C1CCCO1. The van der Waals surface area contributed by atoms with E-state index in [0.29, 0.717) is 10.9 Å². The number of fused-ring (bicyclic) bond motifs is 1. The third-order valence-corrected chi connectivity index (χ3v) is 3.31. The second-order valence-electron chi connectivity index (χ2n) is 4.42. The van der Waals surface area contributed by atoms with Crippen molar-refractivity contribution < 1.29 is 4.74 Å². The lowest BCUT2D eigenvalue weighted by molar-refractivity contribution is 0.0995. The summed E-state index contributed by atoms with van der Waals surface area (Å²) in [5.41, 5.74) is 0. The number of ether oxygens (including phenoxy) is 1. The van der Waals surface area contributed by atoms with Gasteiger partial charge in [0.15, 0.2) is 0 Å². The second kappa shape index (κ2) is 4.70. The maximum Gasteiger partial charge on any atom is 0.255 e. The van der Waals surface area contributed by atoms with Crippen LogP contribution in [0.25, 0.3) is 5.78 Å². The van der Waals surface area contributed by atoms with E-state index in [2.05, 4.69) is 27.3 Å². The molecule has 7 heteroatoms. The number of nitrogens with one attached hydrogen (secondary N) is 1. The number of anilines is 1. The van der Waals surface area contributed by atoms with Gasteiger partial charge in [0.2, 0.25) is 0 Å². The summed E-state index contributed by atoms with van der Waals surface area (Å²) in [6, 6.07) is 1.94. The summed E-state index contributed by atoms with van der Waals surface area (Å²) < 4.78 is 7.29. The van der Waals surface area contributed by atoms with Crippen molar-refractivity contribution in [3.05, 3.63) is 17.5 Å². The second-order valence-corrected chi connectivity index (χ2v) is 4.81. The van der Waals surface area contributed by atoms with Gasteiger partial charge in [0, 0.05) is 12.7 Å². The lowest BCUT2D eigenvalue weighted by Crippen LogP contribution is -2.31. The largest absolute Gasteiger partial charge is 0.376 e. The minimum Gasteiger partial charge on any atom is -0.376 e. The number of aromatic nitrogens is 4. The average Bonchev–Trinajstić information content (AvgIpc) is 2.98. The first kappa shape index (κ1) is 11.7. The Labute approximate surface area is 109 Å². The van der Waals surface area contributed by atoms with E-state index >= 15 is 0 Å². The lowest BCUT2D eigenvalue weighted by atomic mass is 10.1. The van der Waals surface area contributed by atoms with Gasteiger partial charge in [0.05, 0.1) is 12.1 Å². The van der Waals surface area contributed by atoms with Gasteiger partial charge in [-0.1, -0.05) is 11.6 Å². The summed E-state index contributed by atoms with van der Waals surface area (Å²) in [4.78, 5) is 8.11. The topological polar surface area (TPSA) is 64.3 Å². The quantitative estimate of drug-likeness (QED) is 0.859. The van der Waals surface area contributed by atoms with Gasteiger partial charge in [-0.15, -0.1) is 0 Å². The molecule has 2 aromatic rings. The van der Waals surface area contributed by atoms with Crippen molar-refractivity contribution in [3.63, 3.8) is 0 Å². The van der Waals surface area contributed by atoms with Gasteiger partial charge < -0.3 is 10.1 Å². The summed E-state index contributed by atoms with van der Waals surface area (Å²) >= 11 is 5.96. The fourth-order valence-electron chi connectivity index (χ4n) is 2.21. The first-order chi connectivity index (χ1) is 8.74. The van der Waals surface area contributed by atoms with E-state index in [4.69, 9.17) is 16.3 Å². The van der Waals surface area contributed by atoms with Crippen molar-refractivity contribution in [1.29, 1.82) is 0 Å². The first-order valence-electron chi connectivity index (χ1n) is 5.98. The van der Waals surface area contributed by atoms with Gasteiger partial charge in [0.1, 0.15) is 17.3 Å². The molecule has 0 radical (unpaired) electrons. The fraction of sp³-hybridized carbons (Fsp3) is 0.545. The number of halogens is 1. The molecule has 0 spiro atoms. The molecule has 2 aromatic heterocycles. The highest BCUT2D eigenvalue weighted by atomic mass is 35.5. The van der Waals surface area contributed by atoms with Crippen molar-refractivity contribution in [2.75, 3.05) is 11.9 Å². The third-order valence-electron chi connectivity index (χ3n) is 3.12. The molecule has 1 N–H and O–H groups in total. The molecule has 1 aliphatic rings. The highest BCUT2D eigenvalue weighted by molar-refractivity contribution is 6.29. The summed E-state index contributed by atoms with van der Waals surface area (Å²) in [5, 5.41) is 7.89.